The number of hydrogen-bond acceptors (Lipinski definition) is 5. The van der Waals surface area contributed by atoms with Gasteiger partial charge in [-0.05, 0) is 12.1 Å². The molecule has 0 aromatic heterocycles. The lowest BCUT2D eigenvalue weighted by molar-refractivity contribution is -0.159. The Morgan fingerprint density at radius 2 is 1.62 bits per heavy atom. The van der Waals surface area contributed by atoms with E-state index in [1.165, 1.54) is 0 Å². The van der Waals surface area contributed by atoms with E-state index < -0.39 is 11.9 Å². The van der Waals surface area contributed by atoms with Crippen LogP contribution in [0.2, 0.25) is 0 Å². The van der Waals surface area contributed by atoms with Crippen LogP contribution in [-0.2, 0) is 14.4 Å². The van der Waals surface area contributed by atoms with Gasteiger partial charge in [-0.2, -0.15) is 0 Å². The van der Waals surface area contributed by atoms with E-state index in [4.69, 9.17) is 19.8 Å². The Bertz CT molecular complexity index is 316. The molecular formula is C9H12N2O5. The lowest BCUT2D eigenvalue weighted by Crippen LogP contribution is -2.19. The zero-order valence-corrected chi connectivity index (χ0v) is 8.51. The second kappa shape index (κ2) is 8.21. The maximum absolute atomic E-state index is 9.10. The van der Waals surface area contributed by atoms with Gasteiger partial charge in [-0.15, -0.1) is 5.59 Å². The smallest absolute Gasteiger partial charge is 0.414 e. The molecule has 0 amide bonds. The molecule has 0 unspecified atom stereocenters. The molecule has 0 fully saturated rings. The number of carboxylic acids is 2. The SMILES string of the molecule is CONNc1ccccc1.O=C(O)C(=O)O. The number of benzene rings is 1. The van der Waals surface area contributed by atoms with Gasteiger partial charge >= 0.3 is 11.9 Å². The summed E-state index contributed by atoms with van der Waals surface area (Å²) in [5.41, 5.74) is 6.31. The predicted molar refractivity (Wildman–Crippen MR) is 55.5 cm³/mol. The molecule has 0 heterocycles. The fraction of sp³-hybridized carbons (Fsp3) is 0.111. The van der Waals surface area contributed by atoms with E-state index >= 15 is 0 Å². The first-order valence-corrected chi connectivity index (χ1v) is 4.13. The highest BCUT2D eigenvalue weighted by atomic mass is 16.7. The monoisotopic (exact) mass is 228 g/mol. The summed E-state index contributed by atoms with van der Waals surface area (Å²) in [6.45, 7) is 0. The van der Waals surface area contributed by atoms with Crippen molar-refractivity contribution in [3.63, 3.8) is 0 Å². The Kier molecular flexibility index (Phi) is 7.12. The molecule has 0 atom stereocenters. The minimum absolute atomic E-state index is 0.976. The Hall–Kier alpha value is -2.12. The van der Waals surface area contributed by atoms with Crippen LogP contribution in [0.5, 0.6) is 0 Å². The standard InChI is InChI=1S/C7H10N2O.C2H2O4/c1-10-9-8-7-5-3-2-4-6-7;3-1(4)2(5)6/h2-6,8-9H,1H3;(H,3,4)(H,5,6). The van der Waals surface area contributed by atoms with Crippen molar-refractivity contribution in [1.82, 2.24) is 5.59 Å². The van der Waals surface area contributed by atoms with Gasteiger partial charge in [0.05, 0.1) is 12.8 Å². The Morgan fingerprint density at radius 3 is 2.00 bits per heavy atom. The molecule has 1 aromatic rings. The zero-order chi connectivity index (χ0) is 12.4. The molecule has 1 rings (SSSR count). The molecule has 0 saturated carbocycles. The summed E-state index contributed by atoms with van der Waals surface area (Å²) in [6.07, 6.45) is 0. The van der Waals surface area contributed by atoms with Crippen LogP contribution in [0.1, 0.15) is 0 Å². The van der Waals surface area contributed by atoms with Crippen LogP contribution in [0, 0.1) is 0 Å². The molecule has 4 N–H and O–H groups in total. The lowest BCUT2D eigenvalue weighted by Gasteiger charge is -2.03. The first kappa shape index (κ1) is 13.9. The number of anilines is 1. The number of carboxylic acid groups (broad SMARTS) is 2. The summed E-state index contributed by atoms with van der Waals surface area (Å²) in [4.78, 5) is 22.8. The number of nitrogens with one attached hydrogen (secondary N) is 2. The van der Waals surface area contributed by atoms with Gasteiger partial charge in [0, 0.05) is 0 Å². The number of hydrogen-bond donors (Lipinski definition) is 4. The molecule has 16 heavy (non-hydrogen) atoms. The van der Waals surface area contributed by atoms with Crippen LogP contribution in [0.25, 0.3) is 0 Å². The highest BCUT2D eigenvalue weighted by Crippen LogP contribution is 2.01. The second-order valence-corrected chi connectivity index (χ2v) is 2.41. The van der Waals surface area contributed by atoms with Gasteiger partial charge in [0.15, 0.2) is 0 Å². The van der Waals surface area contributed by atoms with Crippen LogP contribution in [0.4, 0.5) is 5.69 Å². The molecule has 88 valence electrons. The fourth-order valence-corrected chi connectivity index (χ4v) is 0.631. The largest absolute Gasteiger partial charge is 0.473 e. The number of carbonyl (C=O) groups is 2. The minimum Gasteiger partial charge on any atom is -0.473 e. The number of para-hydroxylation sites is 1. The average molecular weight is 228 g/mol. The summed E-state index contributed by atoms with van der Waals surface area (Å²) in [5.74, 6) is -3.65. The van der Waals surface area contributed by atoms with Crippen LogP contribution < -0.4 is 11.0 Å². The van der Waals surface area contributed by atoms with E-state index in [1.54, 1.807) is 7.11 Å². The molecule has 0 aliphatic rings. The number of aliphatic carboxylic acids is 2. The van der Waals surface area contributed by atoms with E-state index in [2.05, 4.69) is 15.9 Å². The molecule has 7 nitrogen and oxygen atoms in total. The lowest BCUT2D eigenvalue weighted by atomic mass is 10.3. The summed E-state index contributed by atoms with van der Waals surface area (Å²) in [7, 11) is 1.55. The highest BCUT2D eigenvalue weighted by molar-refractivity contribution is 6.27. The van der Waals surface area contributed by atoms with Crippen LogP contribution in [0.3, 0.4) is 0 Å². The van der Waals surface area contributed by atoms with Gasteiger partial charge in [0.1, 0.15) is 0 Å². The van der Waals surface area contributed by atoms with E-state index in [9.17, 15) is 0 Å². The van der Waals surface area contributed by atoms with Gasteiger partial charge in [-0.25, -0.2) is 9.59 Å². The summed E-state index contributed by atoms with van der Waals surface area (Å²) in [5, 5.41) is 14.8. The normalized spacial score (nSPS) is 8.56. The van der Waals surface area contributed by atoms with Crippen molar-refractivity contribution in [2.45, 2.75) is 0 Å². The molecular weight excluding hydrogens is 216 g/mol. The summed E-state index contributed by atoms with van der Waals surface area (Å²) < 4.78 is 0. The third kappa shape index (κ3) is 7.30. The van der Waals surface area contributed by atoms with Crippen LogP contribution >= 0.6 is 0 Å². The molecule has 0 saturated heterocycles. The minimum atomic E-state index is -1.82. The quantitative estimate of drug-likeness (QED) is 0.436. The maximum Gasteiger partial charge on any atom is 0.414 e. The van der Waals surface area contributed by atoms with Crippen molar-refractivity contribution in [2.24, 2.45) is 0 Å². The Morgan fingerprint density at radius 1 is 1.12 bits per heavy atom. The van der Waals surface area contributed by atoms with Crippen molar-refractivity contribution in [3.05, 3.63) is 30.3 Å². The van der Waals surface area contributed by atoms with Gasteiger partial charge in [-0.3, -0.25) is 10.3 Å². The highest BCUT2D eigenvalue weighted by Gasteiger charge is 2.04. The van der Waals surface area contributed by atoms with Crippen molar-refractivity contribution in [1.29, 1.82) is 0 Å². The Balaban J connectivity index is 0.000000325. The van der Waals surface area contributed by atoms with Crippen LogP contribution in [-0.4, -0.2) is 29.3 Å². The Labute approximate surface area is 91.6 Å². The predicted octanol–water partition coefficient (Wildman–Crippen LogP) is 0.320. The third-order valence-corrected chi connectivity index (χ3v) is 1.25. The molecule has 7 heteroatoms. The molecule has 0 aliphatic heterocycles. The second-order valence-electron chi connectivity index (χ2n) is 2.41. The molecule has 0 spiro atoms. The van der Waals surface area contributed by atoms with Crippen molar-refractivity contribution in [3.8, 4) is 0 Å². The van der Waals surface area contributed by atoms with E-state index in [1.807, 2.05) is 30.3 Å². The van der Waals surface area contributed by atoms with Crippen molar-refractivity contribution in [2.75, 3.05) is 12.5 Å². The van der Waals surface area contributed by atoms with Gasteiger partial charge in [-0.1, -0.05) is 18.2 Å². The third-order valence-electron chi connectivity index (χ3n) is 1.25. The maximum atomic E-state index is 9.10. The molecule has 0 radical (unpaired) electrons. The van der Waals surface area contributed by atoms with Gasteiger partial charge in [0.25, 0.3) is 0 Å². The molecule has 0 aliphatic carbocycles. The first-order valence-electron chi connectivity index (χ1n) is 4.13. The first-order chi connectivity index (χ1) is 7.57. The zero-order valence-electron chi connectivity index (χ0n) is 8.51. The van der Waals surface area contributed by atoms with E-state index in [0.717, 1.165) is 5.69 Å². The number of hydrazine groups is 1. The van der Waals surface area contributed by atoms with Gasteiger partial charge in [0.2, 0.25) is 0 Å². The van der Waals surface area contributed by atoms with Gasteiger partial charge < -0.3 is 10.2 Å². The van der Waals surface area contributed by atoms with E-state index in [0.29, 0.717) is 0 Å². The van der Waals surface area contributed by atoms with Crippen molar-refractivity contribution < 1.29 is 24.6 Å². The summed E-state index contributed by atoms with van der Waals surface area (Å²) in [6, 6.07) is 9.72. The molecule has 0 bridgehead atoms. The molecule has 1 aromatic carbocycles. The number of rotatable bonds is 3. The fourth-order valence-electron chi connectivity index (χ4n) is 0.631. The van der Waals surface area contributed by atoms with Crippen LogP contribution in [0.15, 0.2) is 30.3 Å². The van der Waals surface area contributed by atoms with Crippen molar-refractivity contribution >= 4 is 17.6 Å². The summed E-state index contributed by atoms with van der Waals surface area (Å²) >= 11 is 0. The average Bonchev–Trinajstić information content (AvgIpc) is 2.28. The van der Waals surface area contributed by atoms with E-state index in [-0.39, 0.29) is 0 Å². The topological polar surface area (TPSA) is 108 Å².